The van der Waals surface area contributed by atoms with E-state index >= 15 is 0 Å². The van der Waals surface area contributed by atoms with Gasteiger partial charge in [-0.05, 0) is 50.0 Å². The molecule has 120 valence electrons. The zero-order valence-corrected chi connectivity index (χ0v) is 13.5. The van der Waals surface area contributed by atoms with Crippen LogP contribution in [0.25, 0.3) is 0 Å². The number of carbonyl (C=O) groups is 2. The van der Waals surface area contributed by atoms with E-state index in [1.54, 1.807) is 11.8 Å². The lowest BCUT2D eigenvalue weighted by Crippen LogP contribution is -2.57. The smallest absolute Gasteiger partial charge is 0.326 e. The van der Waals surface area contributed by atoms with E-state index in [-0.39, 0.29) is 11.9 Å². The van der Waals surface area contributed by atoms with Gasteiger partial charge in [-0.2, -0.15) is 11.8 Å². The fourth-order valence-corrected chi connectivity index (χ4v) is 3.94. The number of carboxylic acid groups (broad SMARTS) is 1. The Morgan fingerprint density at radius 2 is 2.05 bits per heavy atom. The molecule has 1 amide bonds. The molecule has 21 heavy (non-hydrogen) atoms. The number of carbonyl (C=O) groups excluding carboxylic acids is 1. The first-order valence-corrected chi connectivity index (χ1v) is 9.29. The Bertz CT molecular complexity index is 378. The highest BCUT2D eigenvalue weighted by Crippen LogP contribution is 2.32. The quantitative estimate of drug-likeness (QED) is 0.694. The van der Waals surface area contributed by atoms with E-state index in [0.717, 1.165) is 25.0 Å². The van der Waals surface area contributed by atoms with Gasteiger partial charge in [-0.3, -0.25) is 4.79 Å². The number of nitrogens with one attached hydrogen (secondary N) is 2. The molecular formula is C15H26N2O3S. The van der Waals surface area contributed by atoms with Crippen molar-refractivity contribution >= 4 is 23.6 Å². The molecule has 0 aromatic rings. The van der Waals surface area contributed by atoms with Gasteiger partial charge in [0.15, 0.2) is 0 Å². The maximum absolute atomic E-state index is 12.3. The van der Waals surface area contributed by atoms with E-state index in [2.05, 4.69) is 10.6 Å². The predicted octanol–water partition coefficient (Wildman–Crippen LogP) is 1.62. The van der Waals surface area contributed by atoms with Crippen LogP contribution in [0.3, 0.4) is 0 Å². The monoisotopic (exact) mass is 314 g/mol. The second-order valence-corrected chi connectivity index (χ2v) is 7.11. The standard InChI is InChI=1S/C15H26N2O3S/c1-21-9-8-13(15(19)20)17-14(18)12-7-6-10-4-2-3-5-11(10)16-12/h10-13,16H,2-9H2,1H3,(H,17,18)(H,19,20). The molecule has 0 radical (unpaired) electrons. The Morgan fingerprint density at radius 3 is 2.76 bits per heavy atom. The second kappa shape index (κ2) is 8.03. The molecule has 1 aliphatic carbocycles. The number of piperidine rings is 1. The topological polar surface area (TPSA) is 78.4 Å². The van der Waals surface area contributed by atoms with Crippen LogP contribution in [0.5, 0.6) is 0 Å². The number of rotatable bonds is 6. The summed E-state index contributed by atoms with van der Waals surface area (Å²) in [6.45, 7) is 0. The fourth-order valence-electron chi connectivity index (χ4n) is 3.47. The fraction of sp³-hybridized carbons (Fsp3) is 0.867. The van der Waals surface area contributed by atoms with Crippen LogP contribution >= 0.6 is 11.8 Å². The summed E-state index contributed by atoms with van der Waals surface area (Å²) in [5.74, 6) is 0.353. The van der Waals surface area contributed by atoms with Gasteiger partial charge in [0, 0.05) is 6.04 Å². The third kappa shape index (κ3) is 4.61. The Hall–Kier alpha value is -0.750. The molecule has 4 unspecified atom stereocenters. The highest BCUT2D eigenvalue weighted by atomic mass is 32.2. The SMILES string of the molecule is CSCCC(NC(=O)C1CCC2CCCCC2N1)C(=O)O. The van der Waals surface area contributed by atoms with E-state index in [4.69, 9.17) is 0 Å². The van der Waals surface area contributed by atoms with E-state index in [1.807, 2.05) is 6.26 Å². The van der Waals surface area contributed by atoms with Crippen LogP contribution in [0.4, 0.5) is 0 Å². The second-order valence-electron chi connectivity index (χ2n) is 6.13. The molecule has 0 aromatic carbocycles. The third-order valence-corrected chi connectivity index (χ3v) is 5.34. The van der Waals surface area contributed by atoms with Crippen molar-refractivity contribution in [1.82, 2.24) is 10.6 Å². The van der Waals surface area contributed by atoms with Crippen molar-refractivity contribution in [1.29, 1.82) is 0 Å². The molecule has 0 spiro atoms. The number of thioether (sulfide) groups is 1. The van der Waals surface area contributed by atoms with E-state index in [0.29, 0.717) is 18.4 Å². The summed E-state index contributed by atoms with van der Waals surface area (Å²) in [6, 6.07) is -0.547. The molecule has 1 heterocycles. The lowest BCUT2D eigenvalue weighted by atomic mass is 9.77. The Morgan fingerprint density at radius 1 is 1.29 bits per heavy atom. The van der Waals surface area contributed by atoms with Gasteiger partial charge in [-0.15, -0.1) is 0 Å². The van der Waals surface area contributed by atoms with Crippen molar-refractivity contribution in [3.8, 4) is 0 Å². The van der Waals surface area contributed by atoms with Gasteiger partial charge in [-0.25, -0.2) is 4.79 Å². The number of carboxylic acids is 1. The summed E-state index contributed by atoms with van der Waals surface area (Å²) in [7, 11) is 0. The number of hydrogen-bond donors (Lipinski definition) is 3. The summed E-state index contributed by atoms with van der Waals surface area (Å²) >= 11 is 1.59. The molecule has 1 aliphatic heterocycles. The summed E-state index contributed by atoms with van der Waals surface area (Å²) in [6.07, 6.45) is 9.25. The molecule has 0 aromatic heterocycles. The van der Waals surface area contributed by atoms with Crippen LogP contribution in [0.15, 0.2) is 0 Å². The lowest BCUT2D eigenvalue weighted by molar-refractivity contribution is -0.142. The van der Waals surface area contributed by atoms with Gasteiger partial charge in [-0.1, -0.05) is 12.8 Å². The minimum atomic E-state index is -0.941. The maximum atomic E-state index is 12.3. The molecule has 2 fully saturated rings. The Kier molecular flexibility index (Phi) is 6.36. The summed E-state index contributed by atoms with van der Waals surface area (Å²) in [4.78, 5) is 23.5. The van der Waals surface area contributed by atoms with Crippen molar-refractivity contribution in [2.75, 3.05) is 12.0 Å². The van der Waals surface area contributed by atoms with Gasteiger partial charge in [0.2, 0.25) is 5.91 Å². The first-order chi connectivity index (χ1) is 10.1. The van der Waals surface area contributed by atoms with E-state index in [9.17, 15) is 14.7 Å². The van der Waals surface area contributed by atoms with Crippen molar-refractivity contribution < 1.29 is 14.7 Å². The van der Waals surface area contributed by atoms with Crippen LogP contribution in [0.1, 0.15) is 44.9 Å². The molecule has 1 saturated carbocycles. The average Bonchev–Trinajstić information content (AvgIpc) is 2.50. The van der Waals surface area contributed by atoms with Crippen LogP contribution < -0.4 is 10.6 Å². The third-order valence-electron chi connectivity index (χ3n) is 4.69. The van der Waals surface area contributed by atoms with Crippen LogP contribution in [-0.4, -0.2) is 47.1 Å². The molecule has 4 atom stereocenters. The molecule has 3 N–H and O–H groups in total. The first-order valence-electron chi connectivity index (χ1n) is 7.90. The molecule has 5 nitrogen and oxygen atoms in total. The minimum absolute atomic E-state index is 0.146. The number of hydrogen-bond acceptors (Lipinski definition) is 4. The van der Waals surface area contributed by atoms with Gasteiger partial charge < -0.3 is 15.7 Å². The normalized spacial score (nSPS) is 30.2. The van der Waals surface area contributed by atoms with Gasteiger partial charge in [0.25, 0.3) is 0 Å². The molecule has 0 bridgehead atoms. The summed E-state index contributed by atoms with van der Waals surface area (Å²) < 4.78 is 0. The molecule has 2 rings (SSSR count). The molecule has 6 heteroatoms. The number of fused-ring (bicyclic) bond motifs is 1. The highest BCUT2D eigenvalue weighted by Gasteiger charge is 2.35. The van der Waals surface area contributed by atoms with Crippen molar-refractivity contribution in [2.24, 2.45) is 5.92 Å². The van der Waals surface area contributed by atoms with Gasteiger partial charge in [0.05, 0.1) is 6.04 Å². The lowest BCUT2D eigenvalue weighted by Gasteiger charge is -2.40. The molecular weight excluding hydrogens is 288 g/mol. The van der Waals surface area contributed by atoms with Crippen molar-refractivity contribution in [3.63, 3.8) is 0 Å². The van der Waals surface area contributed by atoms with Gasteiger partial charge >= 0.3 is 5.97 Å². The van der Waals surface area contributed by atoms with Crippen molar-refractivity contribution in [3.05, 3.63) is 0 Å². The maximum Gasteiger partial charge on any atom is 0.326 e. The Labute approximate surface area is 130 Å². The van der Waals surface area contributed by atoms with E-state index in [1.165, 1.54) is 19.3 Å². The largest absolute Gasteiger partial charge is 0.480 e. The summed E-state index contributed by atoms with van der Waals surface area (Å²) in [5, 5.41) is 15.3. The van der Waals surface area contributed by atoms with Crippen LogP contribution in [0, 0.1) is 5.92 Å². The highest BCUT2D eigenvalue weighted by molar-refractivity contribution is 7.98. The Balaban J connectivity index is 1.85. The van der Waals surface area contributed by atoms with Crippen LogP contribution in [0.2, 0.25) is 0 Å². The number of aliphatic carboxylic acids is 1. The zero-order valence-electron chi connectivity index (χ0n) is 12.6. The average molecular weight is 314 g/mol. The predicted molar refractivity (Wildman–Crippen MR) is 84.5 cm³/mol. The molecule has 1 saturated heterocycles. The molecule has 2 aliphatic rings. The first kappa shape index (κ1) is 16.6. The van der Waals surface area contributed by atoms with Gasteiger partial charge in [0.1, 0.15) is 6.04 Å². The van der Waals surface area contributed by atoms with Crippen molar-refractivity contribution in [2.45, 2.75) is 63.1 Å². The zero-order chi connectivity index (χ0) is 15.2. The van der Waals surface area contributed by atoms with E-state index < -0.39 is 12.0 Å². The minimum Gasteiger partial charge on any atom is -0.480 e. The summed E-state index contributed by atoms with van der Waals surface area (Å²) in [5.41, 5.74) is 0. The number of amides is 1. The van der Waals surface area contributed by atoms with Crippen LogP contribution in [-0.2, 0) is 9.59 Å².